The second-order valence-corrected chi connectivity index (χ2v) is 7.18. The highest BCUT2D eigenvalue weighted by Crippen LogP contribution is 2.37. The van der Waals surface area contributed by atoms with E-state index in [1.54, 1.807) is 20.4 Å². The average Bonchev–Trinajstić information content (AvgIpc) is 3.45. The number of ether oxygens (including phenoxy) is 2. The van der Waals surface area contributed by atoms with E-state index in [4.69, 9.17) is 9.47 Å². The monoisotopic (exact) mass is 391 g/mol. The minimum Gasteiger partial charge on any atom is -0.493 e. The van der Waals surface area contributed by atoms with Gasteiger partial charge in [-0.25, -0.2) is 0 Å². The Morgan fingerprint density at radius 2 is 1.97 bits per heavy atom. The number of aromatic nitrogens is 2. The second-order valence-electron chi connectivity index (χ2n) is 7.18. The zero-order valence-electron chi connectivity index (χ0n) is 16.7. The van der Waals surface area contributed by atoms with Crippen LogP contribution >= 0.6 is 0 Å². The van der Waals surface area contributed by atoms with E-state index in [2.05, 4.69) is 5.10 Å². The summed E-state index contributed by atoms with van der Waals surface area (Å²) in [7, 11) is 3.25. The summed E-state index contributed by atoms with van der Waals surface area (Å²) in [5.74, 6) is 1.44. The second kappa shape index (κ2) is 8.39. The molecule has 6 nitrogen and oxygen atoms in total. The molecule has 2 heterocycles. The standard InChI is InChI=1S/C23H25N3O3/c1-28-21-10-9-18(15-22(21)29-2)20-8-4-13-26(20)23(27)19-7-3-6-17(14-19)16-25-12-5-11-24-25/h3,5-7,9-12,14-15,20H,4,8,13,16H2,1-2H3/t20-/m0/s1. The number of hydrogen-bond acceptors (Lipinski definition) is 4. The summed E-state index contributed by atoms with van der Waals surface area (Å²) in [5, 5.41) is 4.24. The fourth-order valence-corrected chi connectivity index (χ4v) is 3.97. The molecule has 0 spiro atoms. The molecule has 1 amide bonds. The Labute approximate surface area is 170 Å². The lowest BCUT2D eigenvalue weighted by Gasteiger charge is -2.26. The Balaban J connectivity index is 1.57. The first-order valence-electron chi connectivity index (χ1n) is 9.79. The molecule has 0 bridgehead atoms. The predicted molar refractivity (Wildman–Crippen MR) is 110 cm³/mol. The van der Waals surface area contributed by atoms with Gasteiger partial charge in [0.25, 0.3) is 5.91 Å². The molecule has 150 valence electrons. The van der Waals surface area contributed by atoms with Crippen molar-refractivity contribution in [3.8, 4) is 11.5 Å². The number of hydrogen-bond donors (Lipinski definition) is 0. The van der Waals surface area contributed by atoms with Crippen molar-refractivity contribution in [3.05, 3.63) is 77.6 Å². The molecule has 29 heavy (non-hydrogen) atoms. The predicted octanol–water partition coefficient (Wildman–Crippen LogP) is 3.93. The summed E-state index contributed by atoms with van der Waals surface area (Å²) in [6.07, 6.45) is 5.60. The van der Waals surface area contributed by atoms with E-state index < -0.39 is 0 Å². The van der Waals surface area contributed by atoms with Gasteiger partial charge in [-0.2, -0.15) is 5.10 Å². The summed E-state index contributed by atoms with van der Waals surface area (Å²) in [4.78, 5) is 15.3. The fourth-order valence-electron chi connectivity index (χ4n) is 3.97. The van der Waals surface area contributed by atoms with Gasteiger partial charge >= 0.3 is 0 Å². The maximum Gasteiger partial charge on any atom is 0.254 e. The summed E-state index contributed by atoms with van der Waals surface area (Å²) < 4.78 is 12.6. The molecule has 1 aromatic heterocycles. The van der Waals surface area contributed by atoms with Crippen molar-refractivity contribution < 1.29 is 14.3 Å². The van der Waals surface area contributed by atoms with E-state index in [0.29, 0.717) is 23.6 Å². The van der Waals surface area contributed by atoms with E-state index >= 15 is 0 Å². The molecule has 2 aromatic carbocycles. The third-order valence-electron chi connectivity index (χ3n) is 5.38. The summed E-state index contributed by atoms with van der Waals surface area (Å²) in [6.45, 7) is 1.40. The molecule has 0 saturated carbocycles. The summed E-state index contributed by atoms with van der Waals surface area (Å²) >= 11 is 0. The highest BCUT2D eigenvalue weighted by molar-refractivity contribution is 5.94. The lowest BCUT2D eigenvalue weighted by Crippen LogP contribution is -2.30. The molecule has 0 radical (unpaired) electrons. The maximum absolute atomic E-state index is 13.3. The molecule has 0 unspecified atom stereocenters. The molecule has 0 N–H and O–H groups in total. The Morgan fingerprint density at radius 3 is 2.72 bits per heavy atom. The summed E-state index contributed by atoms with van der Waals surface area (Å²) in [5.41, 5.74) is 2.84. The first-order chi connectivity index (χ1) is 14.2. The molecular weight excluding hydrogens is 366 g/mol. The van der Waals surface area contributed by atoms with E-state index in [0.717, 1.165) is 30.5 Å². The van der Waals surface area contributed by atoms with Crippen LogP contribution in [0.1, 0.15) is 40.4 Å². The van der Waals surface area contributed by atoms with Crippen molar-refractivity contribution in [2.45, 2.75) is 25.4 Å². The van der Waals surface area contributed by atoms with Gasteiger partial charge in [-0.05, 0) is 54.3 Å². The van der Waals surface area contributed by atoms with Crippen molar-refractivity contribution in [1.29, 1.82) is 0 Å². The van der Waals surface area contributed by atoms with E-state index in [1.165, 1.54) is 0 Å². The van der Waals surface area contributed by atoms with E-state index in [1.807, 2.05) is 64.3 Å². The molecule has 1 aliphatic rings. The number of likely N-dealkylation sites (tertiary alicyclic amines) is 1. The van der Waals surface area contributed by atoms with Gasteiger partial charge in [0.15, 0.2) is 11.5 Å². The molecular formula is C23H25N3O3. The first kappa shape index (κ1) is 19.1. The van der Waals surface area contributed by atoms with Gasteiger partial charge in [-0.15, -0.1) is 0 Å². The molecule has 3 aromatic rings. The van der Waals surface area contributed by atoms with Crippen LogP contribution in [0.2, 0.25) is 0 Å². The molecule has 1 aliphatic heterocycles. The third-order valence-corrected chi connectivity index (χ3v) is 5.38. The van der Waals surface area contributed by atoms with Crippen molar-refractivity contribution in [3.63, 3.8) is 0 Å². The molecule has 0 aliphatic carbocycles. The first-order valence-corrected chi connectivity index (χ1v) is 9.79. The van der Waals surface area contributed by atoms with Gasteiger partial charge in [0.2, 0.25) is 0 Å². The van der Waals surface area contributed by atoms with Crippen LogP contribution in [0.3, 0.4) is 0 Å². The Hall–Kier alpha value is -3.28. The zero-order valence-corrected chi connectivity index (χ0v) is 16.7. The van der Waals surface area contributed by atoms with E-state index in [-0.39, 0.29) is 11.9 Å². The zero-order chi connectivity index (χ0) is 20.2. The number of methoxy groups -OCH3 is 2. The summed E-state index contributed by atoms with van der Waals surface area (Å²) in [6, 6.07) is 15.6. The fraction of sp³-hybridized carbons (Fsp3) is 0.304. The molecule has 1 fully saturated rings. The van der Waals surface area contributed by atoms with Crippen LogP contribution in [-0.2, 0) is 6.54 Å². The number of carbonyl (C=O) groups excluding carboxylic acids is 1. The van der Waals surface area contributed by atoms with Gasteiger partial charge in [0, 0.05) is 24.5 Å². The molecule has 6 heteroatoms. The number of amides is 1. The Bertz CT molecular complexity index is 985. The number of rotatable bonds is 6. The number of benzene rings is 2. The van der Waals surface area contributed by atoms with Crippen molar-refractivity contribution in [2.24, 2.45) is 0 Å². The lowest BCUT2D eigenvalue weighted by molar-refractivity contribution is 0.0735. The third kappa shape index (κ3) is 3.97. The lowest BCUT2D eigenvalue weighted by atomic mass is 10.0. The van der Waals surface area contributed by atoms with Crippen LogP contribution in [0, 0.1) is 0 Å². The largest absolute Gasteiger partial charge is 0.493 e. The SMILES string of the molecule is COc1ccc([C@@H]2CCCN2C(=O)c2cccc(Cn3cccn3)c2)cc1OC. The molecule has 1 atom stereocenters. The smallest absolute Gasteiger partial charge is 0.254 e. The highest BCUT2D eigenvalue weighted by atomic mass is 16.5. The highest BCUT2D eigenvalue weighted by Gasteiger charge is 2.31. The number of carbonyl (C=O) groups is 1. The van der Waals surface area contributed by atoms with Crippen molar-refractivity contribution in [2.75, 3.05) is 20.8 Å². The van der Waals surface area contributed by atoms with E-state index in [9.17, 15) is 4.79 Å². The van der Waals surface area contributed by atoms with Crippen LogP contribution in [0.4, 0.5) is 0 Å². The van der Waals surface area contributed by atoms with Crippen LogP contribution in [0.5, 0.6) is 11.5 Å². The van der Waals surface area contributed by atoms with Crippen molar-refractivity contribution >= 4 is 5.91 Å². The van der Waals surface area contributed by atoms with Crippen LogP contribution in [0.15, 0.2) is 60.9 Å². The Morgan fingerprint density at radius 1 is 1.10 bits per heavy atom. The van der Waals surface area contributed by atoms with Gasteiger partial charge < -0.3 is 14.4 Å². The Kier molecular flexibility index (Phi) is 5.51. The maximum atomic E-state index is 13.3. The quantitative estimate of drug-likeness (QED) is 0.639. The van der Waals surface area contributed by atoms with Gasteiger partial charge in [0.05, 0.1) is 26.8 Å². The number of nitrogens with zero attached hydrogens (tertiary/aromatic N) is 3. The normalized spacial score (nSPS) is 16.1. The van der Waals surface area contributed by atoms with Crippen molar-refractivity contribution in [1.82, 2.24) is 14.7 Å². The average molecular weight is 391 g/mol. The van der Waals surface area contributed by atoms with Crippen LogP contribution in [0.25, 0.3) is 0 Å². The van der Waals surface area contributed by atoms with Gasteiger partial charge in [-0.1, -0.05) is 18.2 Å². The van der Waals surface area contributed by atoms with Gasteiger partial charge in [0.1, 0.15) is 0 Å². The molecule has 4 rings (SSSR count). The van der Waals surface area contributed by atoms with Crippen LogP contribution < -0.4 is 9.47 Å². The minimum atomic E-state index is 0.0390. The van der Waals surface area contributed by atoms with Gasteiger partial charge in [-0.3, -0.25) is 9.48 Å². The molecule has 1 saturated heterocycles. The van der Waals surface area contributed by atoms with Crippen LogP contribution in [-0.4, -0.2) is 41.4 Å². The minimum absolute atomic E-state index is 0.0390. The topological polar surface area (TPSA) is 56.6 Å².